The van der Waals surface area contributed by atoms with E-state index in [1.807, 2.05) is 24.3 Å². The molecule has 84 valence electrons. The highest BCUT2D eigenvalue weighted by Gasteiger charge is 2.33. The van der Waals surface area contributed by atoms with Crippen LogP contribution in [0.15, 0.2) is 24.3 Å². The van der Waals surface area contributed by atoms with E-state index in [0.29, 0.717) is 13.2 Å². The van der Waals surface area contributed by atoms with Gasteiger partial charge < -0.3 is 5.32 Å². The molecule has 4 nitrogen and oxygen atoms in total. The van der Waals surface area contributed by atoms with Gasteiger partial charge in [-0.05, 0) is 18.1 Å². The van der Waals surface area contributed by atoms with Crippen LogP contribution >= 0.6 is 0 Å². The average molecular weight is 218 g/mol. The van der Waals surface area contributed by atoms with Crippen LogP contribution in [0.25, 0.3) is 0 Å². The summed E-state index contributed by atoms with van der Waals surface area (Å²) in [5.41, 5.74) is 2.16. The van der Waals surface area contributed by atoms with Crippen LogP contribution in [0.3, 0.4) is 0 Å². The Morgan fingerprint density at radius 2 is 2.31 bits per heavy atom. The maximum absolute atomic E-state index is 12.2. The van der Waals surface area contributed by atoms with E-state index >= 15 is 0 Å². The fourth-order valence-corrected chi connectivity index (χ4v) is 2.30. The van der Waals surface area contributed by atoms with Gasteiger partial charge in [-0.3, -0.25) is 9.63 Å². The van der Waals surface area contributed by atoms with Gasteiger partial charge in [-0.25, -0.2) is 5.06 Å². The van der Waals surface area contributed by atoms with Crippen molar-refractivity contribution in [3.8, 4) is 0 Å². The number of carbonyl (C=O) groups excluding carboxylic acids is 1. The van der Waals surface area contributed by atoms with E-state index in [9.17, 15) is 4.79 Å². The summed E-state index contributed by atoms with van der Waals surface area (Å²) in [5.74, 6) is -0.00995. The second-order valence-corrected chi connectivity index (χ2v) is 4.15. The number of hydrogen-bond acceptors (Lipinski definition) is 3. The summed E-state index contributed by atoms with van der Waals surface area (Å²) in [7, 11) is 0. The summed E-state index contributed by atoms with van der Waals surface area (Å²) in [5, 5.41) is 4.76. The minimum Gasteiger partial charge on any atom is -0.384 e. The lowest BCUT2D eigenvalue weighted by Crippen LogP contribution is -2.32. The lowest BCUT2D eigenvalue weighted by atomic mass is 10.0. The predicted molar refractivity (Wildman–Crippen MR) is 60.0 cm³/mol. The van der Waals surface area contributed by atoms with Crippen molar-refractivity contribution in [1.82, 2.24) is 5.06 Å². The van der Waals surface area contributed by atoms with Crippen LogP contribution in [0.1, 0.15) is 17.9 Å². The maximum atomic E-state index is 12.2. The quantitative estimate of drug-likeness (QED) is 0.773. The highest BCUT2D eigenvalue weighted by molar-refractivity contribution is 5.87. The smallest absolute Gasteiger partial charge is 0.255 e. The van der Waals surface area contributed by atoms with Gasteiger partial charge in [0.15, 0.2) is 0 Å². The van der Waals surface area contributed by atoms with Crippen molar-refractivity contribution >= 4 is 11.6 Å². The van der Waals surface area contributed by atoms with Crippen molar-refractivity contribution in [2.24, 2.45) is 0 Å². The highest BCUT2D eigenvalue weighted by Crippen LogP contribution is 2.32. The Labute approximate surface area is 94.1 Å². The van der Waals surface area contributed by atoms with Crippen LogP contribution in [0.4, 0.5) is 5.69 Å². The molecule has 1 fully saturated rings. The fourth-order valence-electron chi connectivity index (χ4n) is 2.30. The zero-order chi connectivity index (χ0) is 11.0. The Kier molecular flexibility index (Phi) is 2.29. The number of amides is 1. The number of nitrogens with one attached hydrogen (secondary N) is 1. The summed E-state index contributed by atoms with van der Waals surface area (Å²) < 4.78 is 0. The first-order valence-corrected chi connectivity index (χ1v) is 5.63. The second kappa shape index (κ2) is 3.79. The lowest BCUT2D eigenvalue weighted by molar-refractivity contribution is -0.170. The number of anilines is 1. The van der Waals surface area contributed by atoms with E-state index in [-0.39, 0.29) is 11.8 Å². The normalized spacial score (nSPS) is 23.0. The van der Waals surface area contributed by atoms with Crippen molar-refractivity contribution in [3.05, 3.63) is 29.8 Å². The number of hydrogen-bond donors (Lipinski definition) is 1. The van der Waals surface area contributed by atoms with Gasteiger partial charge in [-0.1, -0.05) is 18.2 Å². The van der Waals surface area contributed by atoms with Gasteiger partial charge in [0.05, 0.1) is 19.1 Å². The molecule has 1 amide bonds. The first-order chi connectivity index (χ1) is 7.86. The van der Waals surface area contributed by atoms with E-state index in [1.165, 1.54) is 5.06 Å². The van der Waals surface area contributed by atoms with Gasteiger partial charge in [0.25, 0.3) is 5.91 Å². The van der Waals surface area contributed by atoms with Crippen molar-refractivity contribution in [3.63, 3.8) is 0 Å². The molecule has 2 heterocycles. The Morgan fingerprint density at radius 1 is 1.44 bits per heavy atom. The molecule has 0 aliphatic carbocycles. The molecule has 0 aromatic heterocycles. The van der Waals surface area contributed by atoms with Crippen molar-refractivity contribution in [1.29, 1.82) is 0 Å². The summed E-state index contributed by atoms with van der Waals surface area (Å²) in [6.07, 6.45) is 0.938. The van der Waals surface area contributed by atoms with E-state index in [0.717, 1.165) is 24.2 Å². The molecule has 3 rings (SSSR count). The zero-order valence-electron chi connectivity index (χ0n) is 8.98. The largest absolute Gasteiger partial charge is 0.384 e. The number of para-hydroxylation sites is 1. The summed E-state index contributed by atoms with van der Waals surface area (Å²) in [6.45, 7) is 2.06. The third-order valence-electron chi connectivity index (χ3n) is 3.13. The van der Waals surface area contributed by atoms with Crippen LogP contribution in [-0.4, -0.2) is 30.7 Å². The average Bonchev–Trinajstić information content (AvgIpc) is 2.98. The van der Waals surface area contributed by atoms with Crippen molar-refractivity contribution in [2.45, 2.75) is 12.3 Å². The molecule has 1 atom stereocenters. The number of nitrogens with zero attached hydrogens (tertiary/aromatic N) is 1. The molecular formula is C12H14N2O2. The summed E-state index contributed by atoms with van der Waals surface area (Å²) >= 11 is 0. The summed E-state index contributed by atoms with van der Waals surface area (Å²) in [4.78, 5) is 17.5. The highest BCUT2D eigenvalue weighted by atomic mass is 16.7. The first-order valence-electron chi connectivity index (χ1n) is 5.63. The Hall–Kier alpha value is -1.55. The molecule has 2 aliphatic heterocycles. The van der Waals surface area contributed by atoms with E-state index in [1.54, 1.807) is 0 Å². The molecule has 4 heteroatoms. The van der Waals surface area contributed by atoms with Crippen LogP contribution in [0, 0.1) is 0 Å². The van der Waals surface area contributed by atoms with Crippen molar-refractivity contribution in [2.75, 3.05) is 25.0 Å². The third kappa shape index (κ3) is 1.46. The second-order valence-electron chi connectivity index (χ2n) is 4.15. The summed E-state index contributed by atoms with van der Waals surface area (Å²) in [6, 6.07) is 7.96. The van der Waals surface area contributed by atoms with Crippen LogP contribution in [0.2, 0.25) is 0 Å². The third-order valence-corrected chi connectivity index (χ3v) is 3.13. The van der Waals surface area contributed by atoms with Gasteiger partial charge in [0.1, 0.15) is 0 Å². The molecule has 1 N–H and O–H groups in total. The molecule has 0 spiro atoms. The molecule has 2 aliphatic rings. The zero-order valence-corrected chi connectivity index (χ0v) is 8.98. The monoisotopic (exact) mass is 218 g/mol. The van der Waals surface area contributed by atoms with Crippen LogP contribution in [-0.2, 0) is 9.63 Å². The lowest BCUT2D eigenvalue weighted by Gasteiger charge is -2.18. The van der Waals surface area contributed by atoms with Gasteiger partial charge in [0.2, 0.25) is 0 Å². The van der Waals surface area contributed by atoms with Gasteiger partial charge in [-0.2, -0.15) is 0 Å². The fraction of sp³-hybridized carbons (Fsp3) is 0.417. The molecule has 1 aromatic carbocycles. The van der Waals surface area contributed by atoms with Crippen LogP contribution < -0.4 is 5.32 Å². The molecule has 1 unspecified atom stereocenters. The van der Waals surface area contributed by atoms with E-state index < -0.39 is 0 Å². The molecular weight excluding hydrogens is 204 g/mol. The minimum absolute atomic E-state index is 0.0787. The number of fused-ring (bicyclic) bond motifs is 1. The van der Waals surface area contributed by atoms with Crippen LogP contribution in [0.5, 0.6) is 0 Å². The first kappa shape index (κ1) is 9.66. The molecule has 0 radical (unpaired) electrons. The standard InChI is InChI=1S/C12H14N2O2/c15-12(14-6-3-7-16-14)10-8-13-11-5-2-1-4-9(10)11/h1-2,4-5,10,13H,3,6-8H2. The predicted octanol–water partition coefficient (Wildman–Crippen LogP) is 1.36. The topological polar surface area (TPSA) is 41.6 Å². The van der Waals surface area contributed by atoms with Crippen molar-refractivity contribution < 1.29 is 9.63 Å². The Morgan fingerprint density at radius 3 is 3.12 bits per heavy atom. The number of hydroxylamine groups is 2. The van der Waals surface area contributed by atoms with E-state index in [4.69, 9.17) is 4.84 Å². The Bertz CT molecular complexity index is 413. The maximum Gasteiger partial charge on any atom is 0.255 e. The number of carbonyl (C=O) groups is 1. The molecule has 0 saturated carbocycles. The number of rotatable bonds is 1. The van der Waals surface area contributed by atoms with Gasteiger partial charge >= 0.3 is 0 Å². The molecule has 1 aromatic rings. The van der Waals surface area contributed by atoms with E-state index in [2.05, 4.69) is 5.32 Å². The Balaban J connectivity index is 1.84. The number of benzene rings is 1. The molecule has 1 saturated heterocycles. The molecule has 0 bridgehead atoms. The minimum atomic E-state index is -0.0886. The molecule has 16 heavy (non-hydrogen) atoms. The SMILES string of the molecule is O=C(C1CNc2ccccc21)N1CCCO1. The van der Waals surface area contributed by atoms with Gasteiger partial charge in [-0.15, -0.1) is 0 Å². The van der Waals surface area contributed by atoms with Gasteiger partial charge in [0, 0.05) is 12.2 Å².